The Labute approximate surface area is 132 Å². The molecule has 0 saturated heterocycles. The summed E-state index contributed by atoms with van der Waals surface area (Å²) in [6.07, 6.45) is 0. The van der Waals surface area contributed by atoms with E-state index < -0.39 is 0 Å². The predicted octanol–water partition coefficient (Wildman–Crippen LogP) is 4.07. The van der Waals surface area contributed by atoms with Crippen LogP contribution in [0.1, 0.15) is 0 Å². The largest absolute Gasteiger partial charge is 0.493 e. The van der Waals surface area contributed by atoms with Crippen LogP contribution in [0.5, 0.6) is 11.5 Å². The molecule has 1 aromatic heterocycles. The Morgan fingerprint density at radius 1 is 0.909 bits per heavy atom. The summed E-state index contributed by atoms with van der Waals surface area (Å²) in [5.74, 6) is 1.99. The molecule has 3 aromatic rings. The summed E-state index contributed by atoms with van der Waals surface area (Å²) >= 11 is 6.14. The van der Waals surface area contributed by atoms with Gasteiger partial charge in [-0.25, -0.2) is 0 Å². The summed E-state index contributed by atoms with van der Waals surface area (Å²) in [6, 6.07) is 12.7. The Hall–Kier alpha value is -2.53. The molecule has 2 aromatic carbocycles. The van der Waals surface area contributed by atoms with Crippen molar-refractivity contribution < 1.29 is 13.9 Å². The van der Waals surface area contributed by atoms with Gasteiger partial charge in [-0.2, -0.15) is 0 Å². The minimum Gasteiger partial charge on any atom is -0.493 e. The summed E-state index contributed by atoms with van der Waals surface area (Å²) in [7, 11) is 3.16. The molecule has 0 atom stereocenters. The molecule has 0 amide bonds. The van der Waals surface area contributed by atoms with E-state index in [1.54, 1.807) is 32.4 Å². The zero-order chi connectivity index (χ0) is 15.5. The molecule has 0 spiro atoms. The number of hydrogen-bond donors (Lipinski definition) is 0. The summed E-state index contributed by atoms with van der Waals surface area (Å²) in [5, 5.41) is 8.67. The standard InChI is InChI=1S/C16H13ClN2O3/c1-20-13-8-7-10(9-14(13)21-2)15-18-19-16(22-15)11-5-3-4-6-12(11)17/h3-9H,1-2H3. The average Bonchev–Trinajstić information content (AvgIpc) is 3.04. The Kier molecular flexibility index (Phi) is 3.98. The normalized spacial score (nSPS) is 10.5. The monoisotopic (exact) mass is 316 g/mol. The number of rotatable bonds is 4. The topological polar surface area (TPSA) is 57.4 Å². The van der Waals surface area contributed by atoms with Gasteiger partial charge in [0.2, 0.25) is 11.8 Å². The molecule has 0 unspecified atom stereocenters. The highest BCUT2D eigenvalue weighted by Crippen LogP contribution is 2.33. The van der Waals surface area contributed by atoms with E-state index in [1.807, 2.05) is 24.3 Å². The first-order valence-corrected chi connectivity index (χ1v) is 6.91. The number of methoxy groups -OCH3 is 2. The van der Waals surface area contributed by atoms with Crippen LogP contribution >= 0.6 is 11.6 Å². The van der Waals surface area contributed by atoms with Crippen molar-refractivity contribution in [3.05, 3.63) is 47.5 Å². The summed E-state index contributed by atoms with van der Waals surface area (Å²) in [4.78, 5) is 0. The van der Waals surface area contributed by atoms with Crippen molar-refractivity contribution in [1.82, 2.24) is 10.2 Å². The molecule has 0 bridgehead atoms. The Morgan fingerprint density at radius 2 is 1.64 bits per heavy atom. The first kappa shape index (κ1) is 14.4. The zero-order valence-corrected chi connectivity index (χ0v) is 12.8. The molecule has 0 aliphatic rings. The first-order chi connectivity index (χ1) is 10.7. The minimum absolute atomic E-state index is 0.371. The smallest absolute Gasteiger partial charge is 0.249 e. The van der Waals surface area contributed by atoms with Crippen molar-refractivity contribution in [3.8, 4) is 34.4 Å². The maximum absolute atomic E-state index is 6.14. The molecule has 0 aliphatic carbocycles. The van der Waals surface area contributed by atoms with Crippen molar-refractivity contribution >= 4 is 11.6 Å². The average molecular weight is 317 g/mol. The van der Waals surface area contributed by atoms with E-state index in [2.05, 4.69) is 10.2 Å². The Morgan fingerprint density at radius 3 is 2.36 bits per heavy atom. The highest BCUT2D eigenvalue weighted by molar-refractivity contribution is 6.33. The highest BCUT2D eigenvalue weighted by atomic mass is 35.5. The number of ether oxygens (including phenoxy) is 2. The van der Waals surface area contributed by atoms with E-state index in [4.69, 9.17) is 25.5 Å². The fourth-order valence-corrected chi connectivity index (χ4v) is 2.27. The number of hydrogen-bond acceptors (Lipinski definition) is 5. The van der Waals surface area contributed by atoms with Gasteiger partial charge in [0.05, 0.1) is 24.8 Å². The lowest BCUT2D eigenvalue weighted by molar-refractivity contribution is 0.355. The van der Waals surface area contributed by atoms with Crippen molar-refractivity contribution in [2.45, 2.75) is 0 Å². The lowest BCUT2D eigenvalue weighted by Crippen LogP contribution is -1.90. The molecule has 6 heteroatoms. The summed E-state index contributed by atoms with van der Waals surface area (Å²) in [6.45, 7) is 0. The SMILES string of the molecule is COc1ccc(-c2nnc(-c3ccccc3Cl)o2)cc1OC. The third kappa shape index (κ3) is 2.63. The number of aromatic nitrogens is 2. The fourth-order valence-electron chi connectivity index (χ4n) is 2.05. The zero-order valence-electron chi connectivity index (χ0n) is 12.0. The molecule has 0 fully saturated rings. The van der Waals surface area contributed by atoms with Gasteiger partial charge in [-0.3, -0.25) is 0 Å². The number of benzene rings is 2. The van der Waals surface area contributed by atoms with Gasteiger partial charge in [0.1, 0.15) is 0 Å². The second-order valence-electron chi connectivity index (χ2n) is 4.46. The van der Waals surface area contributed by atoms with Gasteiger partial charge in [-0.1, -0.05) is 23.7 Å². The van der Waals surface area contributed by atoms with Crippen molar-refractivity contribution in [1.29, 1.82) is 0 Å². The summed E-state index contributed by atoms with van der Waals surface area (Å²) < 4.78 is 16.2. The van der Waals surface area contributed by atoms with Crippen LogP contribution in [0.25, 0.3) is 22.9 Å². The van der Waals surface area contributed by atoms with Gasteiger partial charge in [-0.15, -0.1) is 10.2 Å². The molecule has 1 heterocycles. The van der Waals surface area contributed by atoms with E-state index in [-0.39, 0.29) is 0 Å². The third-order valence-electron chi connectivity index (χ3n) is 3.16. The summed E-state index contributed by atoms with van der Waals surface area (Å²) in [5.41, 5.74) is 1.44. The molecule has 22 heavy (non-hydrogen) atoms. The molecular formula is C16H13ClN2O3. The predicted molar refractivity (Wildman–Crippen MR) is 83.3 cm³/mol. The van der Waals surface area contributed by atoms with Crippen molar-refractivity contribution in [3.63, 3.8) is 0 Å². The lowest BCUT2D eigenvalue weighted by atomic mass is 10.2. The first-order valence-electron chi connectivity index (χ1n) is 6.53. The molecule has 0 aliphatic heterocycles. The highest BCUT2D eigenvalue weighted by Gasteiger charge is 2.14. The van der Waals surface area contributed by atoms with Crippen LogP contribution in [-0.2, 0) is 0 Å². The van der Waals surface area contributed by atoms with Crippen LogP contribution in [0.15, 0.2) is 46.9 Å². The van der Waals surface area contributed by atoms with E-state index >= 15 is 0 Å². The van der Waals surface area contributed by atoms with Crippen LogP contribution < -0.4 is 9.47 Å². The van der Waals surface area contributed by atoms with Crippen molar-refractivity contribution in [2.24, 2.45) is 0 Å². The molecule has 0 N–H and O–H groups in total. The number of nitrogens with zero attached hydrogens (tertiary/aromatic N) is 2. The second-order valence-corrected chi connectivity index (χ2v) is 4.87. The molecule has 0 radical (unpaired) electrons. The quantitative estimate of drug-likeness (QED) is 0.726. The van der Waals surface area contributed by atoms with Gasteiger partial charge >= 0.3 is 0 Å². The molecule has 112 valence electrons. The third-order valence-corrected chi connectivity index (χ3v) is 3.49. The molecule has 3 rings (SSSR count). The van der Waals surface area contributed by atoms with Gasteiger partial charge in [-0.05, 0) is 30.3 Å². The van der Waals surface area contributed by atoms with E-state index in [1.165, 1.54) is 0 Å². The van der Waals surface area contributed by atoms with Gasteiger partial charge in [0.15, 0.2) is 11.5 Å². The lowest BCUT2D eigenvalue weighted by Gasteiger charge is -2.07. The second kappa shape index (κ2) is 6.07. The molecule has 0 saturated carbocycles. The van der Waals surface area contributed by atoms with Crippen LogP contribution in [0.2, 0.25) is 5.02 Å². The van der Waals surface area contributed by atoms with E-state index in [0.29, 0.717) is 33.9 Å². The minimum atomic E-state index is 0.371. The fraction of sp³-hybridized carbons (Fsp3) is 0.125. The van der Waals surface area contributed by atoms with Crippen LogP contribution in [-0.4, -0.2) is 24.4 Å². The maximum Gasteiger partial charge on any atom is 0.249 e. The van der Waals surface area contributed by atoms with Crippen molar-refractivity contribution in [2.75, 3.05) is 14.2 Å². The molecule has 5 nitrogen and oxygen atoms in total. The van der Waals surface area contributed by atoms with Gasteiger partial charge < -0.3 is 13.9 Å². The van der Waals surface area contributed by atoms with Crippen LogP contribution in [0, 0.1) is 0 Å². The number of halogens is 1. The molecular weight excluding hydrogens is 304 g/mol. The maximum atomic E-state index is 6.14. The van der Waals surface area contributed by atoms with E-state index in [9.17, 15) is 0 Å². The van der Waals surface area contributed by atoms with Crippen LogP contribution in [0.4, 0.5) is 0 Å². The van der Waals surface area contributed by atoms with Gasteiger partial charge in [0.25, 0.3) is 0 Å². The Bertz CT molecular complexity index is 802. The van der Waals surface area contributed by atoms with Gasteiger partial charge in [0, 0.05) is 5.56 Å². The Balaban J connectivity index is 1.99. The van der Waals surface area contributed by atoms with Crippen LogP contribution in [0.3, 0.4) is 0 Å². The van der Waals surface area contributed by atoms with E-state index in [0.717, 1.165) is 5.56 Å².